The lowest BCUT2D eigenvalue weighted by atomic mass is 10.0. The lowest BCUT2D eigenvalue weighted by molar-refractivity contribution is -0.136. The number of imide groups is 2. The van der Waals surface area contributed by atoms with Crippen molar-refractivity contribution < 1.29 is 55.7 Å². The summed E-state index contributed by atoms with van der Waals surface area (Å²) in [6.07, 6.45) is 5.99. The molecule has 5 N–H and O–H groups in total. The molecule has 5 aromatic rings. The average molecular weight is 1050 g/mol. The second-order valence-electron chi connectivity index (χ2n) is 17.2. The van der Waals surface area contributed by atoms with E-state index in [-0.39, 0.29) is 123 Å². The molecule has 0 aliphatic carbocycles. The van der Waals surface area contributed by atoms with Gasteiger partial charge in [-0.3, -0.25) is 43.6 Å². The molecule has 2 aliphatic heterocycles. The Morgan fingerprint density at radius 1 is 0.918 bits per heavy atom. The summed E-state index contributed by atoms with van der Waals surface area (Å²) >= 11 is 6.29. The molecule has 24 nitrogen and oxygen atoms in total. The van der Waals surface area contributed by atoms with Gasteiger partial charge in [0.05, 0.1) is 87.8 Å². The molecule has 3 aromatic heterocycles. The lowest BCUT2D eigenvalue weighted by Gasteiger charge is -2.27. The fourth-order valence-electron chi connectivity index (χ4n) is 7.66. The topological polar surface area (TPSA) is 294 Å². The first-order valence-electron chi connectivity index (χ1n) is 23.2. The number of benzene rings is 2. The molecule has 0 bridgehead atoms. The van der Waals surface area contributed by atoms with Crippen molar-refractivity contribution in [1.29, 1.82) is 0 Å². The van der Waals surface area contributed by atoms with Gasteiger partial charge in [0.15, 0.2) is 5.82 Å². The summed E-state index contributed by atoms with van der Waals surface area (Å²) in [6.45, 7) is 8.23. The Kier molecular flexibility index (Phi) is 18.2. The fourth-order valence-corrected chi connectivity index (χ4v) is 8.42. The molecule has 0 saturated carbocycles. The normalized spacial score (nSPS) is 15.2. The van der Waals surface area contributed by atoms with E-state index in [1.54, 1.807) is 46.9 Å². The maximum atomic E-state index is 15.8. The summed E-state index contributed by atoms with van der Waals surface area (Å²) in [5.41, 5.74) is 2.13. The first kappa shape index (κ1) is 53.8. The Balaban J connectivity index is 0.739. The molecule has 1 unspecified atom stereocenters. The number of hydrogen-bond acceptors (Lipinski definition) is 18. The zero-order valence-electron chi connectivity index (χ0n) is 40.4. The molecular formula is C46H55ClFN13O11S. The van der Waals surface area contributed by atoms with Gasteiger partial charge in [-0.15, -0.1) is 5.10 Å². The number of carbonyl (C=O) groups is 5. The van der Waals surface area contributed by atoms with Gasteiger partial charge in [0, 0.05) is 65.8 Å². The molecule has 0 radical (unpaired) electrons. The van der Waals surface area contributed by atoms with Gasteiger partial charge in [-0.25, -0.2) is 27.5 Å². The monoisotopic (exact) mass is 1050 g/mol. The van der Waals surface area contributed by atoms with Gasteiger partial charge in [0.25, 0.3) is 11.8 Å². The van der Waals surface area contributed by atoms with Crippen molar-refractivity contribution in [3.8, 4) is 22.5 Å². The van der Waals surface area contributed by atoms with E-state index < -0.39 is 45.5 Å². The molecule has 2 atom stereocenters. The number of aromatic nitrogens is 7. The van der Waals surface area contributed by atoms with Crippen LogP contribution in [0, 0.1) is 5.82 Å². The number of anilines is 3. The molecule has 73 heavy (non-hydrogen) atoms. The number of fused-ring (bicyclic) bond motifs is 1. The predicted octanol–water partition coefficient (Wildman–Crippen LogP) is 3.04. The van der Waals surface area contributed by atoms with Crippen LogP contribution in [0.5, 0.6) is 0 Å². The van der Waals surface area contributed by atoms with Crippen LogP contribution >= 0.6 is 11.6 Å². The lowest BCUT2D eigenvalue weighted by Crippen LogP contribution is -2.54. The van der Waals surface area contributed by atoms with Gasteiger partial charge >= 0.3 is 0 Å². The standard InChI is InChI=1S/C46H55ClFN13O11S/c1-27(2)60-24-33(42(56-60)32-20-29(47)21-36(41(32)48)57-73(4,67)68)34-10-11-50-46(53-34)51-22-28(3)52-39(63)26-72-19-17-70-15-13-59-23-30(55-58-59)25-71-18-16-69-14-12-49-35-7-5-6-31-40(35)45(66)61(44(31)65)37-8-9-38(62)54-43(37)64/h5-7,10-11,20-21,23-24,27-28,37,49,57H,8-9,12-19,22,25-26H2,1-4H3,(H,52,63)(H,50,51,53)(H,54,62,64)/t28-,37?/m0/s1. The fraction of sp³-hybridized carbons (Fsp3) is 0.435. The second-order valence-corrected chi connectivity index (χ2v) is 19.4. The second kappa shape index (κ2) is 24.6. The number of nitrogens with zero attached hydrogens (tertiary/aromatic N) is 8. The molecule has 1 saturated heterocycles. The van der Waals surface area contributed by atoms with Crippen LogP contribution in [0.1, 0.15) is 66.1 Å². The SMILES string of the molecule is CC(C)n1cc(-c2ccnc(NC[C@H](C)NC(=O)COCCOCCn3cc(COCCOCCNc4cccc5c4C(=O)N(C4CCC(=O)NC4=O)C5=O)nn3)n2)c(-c2cc(Cl)cc(NS(C)(=O)=O)c2F)n1. The molecular weight excluding hydrogens is 997 g/mol. The Morgan fingerprint density at radius 2 is 1.68 bits per heavy atom. The summed E-state index contributed by atoms with van der Waals surface area (Å²) in [5.74, 6) is -3.23. The van der Waals surface area contributed by atoms with Crippen molar-refractivity contribution in [2.24, 2.45) is 0 Å². The van der Waals surface area contributed by atoms with Gasteiger partial charge in [0.2, 0.25) is 33.7 Å². The van der Waals surface area contributed by atoms with Crippen LogP contribution in [0.25, 0.3) is 22.5 Å². The maximum Gasteiger partial charge on any atom is 0.264 e. The molecule has 5 amide bonds. The van der Waals surface area contributed by atoms with Crippen LogP contribution in [-0.2, 0) is 56.5 Å². The van der Waals surface area contributed by atoms with E-state index >= 15 is 4.39 Å². The highest BCUT2D eigenvalue weighted by Crippen LogP contribution is 2.37. The highest BCUT2D eigenvalue weighted by atomic mass is 35.5. The summed E-state index contributed by atoms with van der Waals surface area (Å²) in [7, 11) is -3.81. The van der Waals surface area contributed by atoms with Crippen LogP contribution in [0.3, 0.4) is 0 Å². The zero-order valence-corrected chi connectivity index (χ0v) is 41.9. The first-order valence-corrected chi connectivity index (χ1v) is 25.4. The number of ether oxygens (including phenoxy) is 4. The number of rotatable bonds is 27. The molecule has 2 aliphatic rings. The minimum absolute atomic E-state index is 0.0256. The maximum absolute atomic E-state index is 15.8. The smallest absolute Gasteiger partial charge is 0.264 e. The average Bonchev–Trinajstić information content (AvgIpc) is 4.06. The largest absolute Gasteiger partial charge is 0.382 e. The third-order valence-corrected chi connectivity index (χ3v) is 11.9. The number of sulfonamides is 1. The molecule has 1 fully saturated rings. The summed E-state index contributed by atoms with van der Waals surface area (Å²) in [4.78, 5) is 72.7. The van der Waals surface area contributed by atoms with Gasteiger partial charge in [-0.1, -0.05) is 22.9 Å². The molecule has 5 heterocycles. The van der Waals surface area contributed by atoms with Gasteiger partial charge in [-0.2, -0.15) is 5.10 Å². The predicted molar refractivity (Wildman–Crippen MR) is 262 cm³/mol. The van der Waals surface area contributed by atoms with Crippen LogP contribution in [0.15, 0.2) is 55.0 Å². The first-order chi connectivity index (χ1) is 34.9. The number of halogens is 2. The van der Waals surface area contributed by atoms with E-state index in [4.69, 9.17) is 30.5 Å². The van der Waals surface area contributed by atoms with Crippen LogP contribution in [0.2, 0.25) is 5.02 Å². The van der Waals surface area contributed by atoms with E-state index in [9.17, 15) is 32.4 Å². The summed E-state index contributed by atoms with van der Waals surface area (Å²) < 4.78 is 67.4. The highest BCUT2D eigenvalue weighted by molar-refractivity contribution is 7.92. The Morgan fingerprint density at radius 3 is 2.45 bits per heavy atom. The van der Waals surface area contributed by atoms with E-state index in [1.807, 2.05) is 13.8 Å². The number of amides is 5. The van der Waals surface area contributed by atoms with Gasteiger partial charge in [0.1, 0.15) is 24.0 Å². The molecule has 0 spiro atoms. The van der Waals surface area contributed by atoms with Crippen molar-refractivity contribution in [3.05, 3.63) is 82.6 Å². The Labute approximate surface area is 424 Å². The number of hydrogen-bond donors (Lipinski definition) is 5. The summed E-state index contributed by atoms with van der Waals surface area (Å²) in [6, 6.07) is 7.52. The van der Waals surface area contributed by atoms with Crippen LogP contribution in [-0.4, -0.2) is 155 Å². The Bertz CT molecular complexity index is 2940. The van der Waals surface area contributed by atoms with Crippen LogP contribution < -0.4 is 26.0 Å². The van der Waals surface area contributed by atoms with Crippen molar-refractivity contribution in [3.63, 3.8) is 0 Å². The Hall–Kier alpha value is -6.97. The molecule has 27 heteroatoms. The number of carbonyl (C=O) groups excluding carboxylic acids is 5. The van der Waals surface area contributed by atoms with E-state index in [1.165, 1.54) is 24.4 Å². The minimum atomic E-state index is -3.81. The third-order valence-electron chi connectivity index (χ3n) is 11.1. The third kappa shape index (κ3) is 14.4. The van der Waals surface area contributed by atoms with E-state index in [0.29, 0.717) is 42.3 Å². The summed E-state index contributed by atoms with van der Waals surface area (Å²) in [5, 5.41) is 24.1. The van der Waals surface area contributed by atoms with Gasteiger partial charge in [-0.05, 0) is 57.5 Å². The van der Waals surface area contributed by atoms with Crippen molar-refractivity contribution in [2.75, 3.05) is 80.9 Å². The van der Waals surface area contributed by atoms with Crippen molar-refractivity contribution in [2.45, 2.75) is 64.9 Å². The number of piperidine rings is 1. The quantitative estimate of drug-likeness (QED) is 0.0373. The van der Waals surface area contributed by atoms with E-state index in [0.717, 1.165) is 11.2 Å². The molecule has 7 rings (SSSR count). The van der Waals surface area contributed by atoms with E-state index in [2.05, 4.69) is 51.4 Å². The molecule has 390 valence electrons. The van der Waals surface area contributed by atoms with Crippen molar-refractivity contribution in [1.82, 2.24) is 50.3 Å². The van der Waals surface area contributed by atoms with Gasteiger partial charge < -0.3 is 34.9 Å². The number of nitrogens with one attached hydrogen (secondary N) is 5. The minimum Gasteiger partial charge on any atom is -0.382 e. The molecule has 2 aromatic carbocycles. The zero-order chi connectivity index (χ0) is 52.2. The highest BCUT2D eigenvalue weighted by Gasteiger charge is 2.45. The van der Waals surface area contributed by atoms with Crippen molar-refractivity contribution >= 4 is 68.5 Å². The van der Waals surface area contributed by atoms with Crippen LogP contribution in [0.4, 0.5) is 21.7 Å².